The third-order valence-corrected chi connectivity index (χ3v) is 2.54. The Morgan fingerprint density at radius 2 is 2.18 bits per heavy atom. The fourth-order valence-corrected chi connectivity index (χ4v) is 1.52. The highest BCUT2D eigenvalue weighted by atomic mass is 19.1. The van der Waals surface area contributed by atoms with E-state index in [1.807, 2.05) is 13.8 Å². The van der Waals surface area contributed by atoms with Crippen LogP contribution in [0.15, 0.2) is 22.7 Å². The van der Waals surface area contributed by atoms with Gasteiger partial charge in [-0.1, -0.05) is 25.1 Å². The molecule has 0 saturated carbocycles. The largest absolute Gasteiger partial charge is 0.338 e. The maximum Gasteiger partial charge on any atom is 0.240 e. The number of hydrogen-bond acceptors (Lipinski definition) is 4. The van der Waals surface area contributed by atoms with Crippen LogP contribution in [0.2, 0.25) is 0 Å². The molecule has 2 rings (SSSR count). The summed E-state index contributed by atoms with van der Waals surface area (Å²) in [5.41, 5.74) is 6.74. The van der Waals surface area contributed by atoms with E-state index in [1.165, 1.54) is 6.07 Å². The summed E-state index contributed by atoms with van der Waals surface area (Å²) in [5, 5.41) is 3.71. The number of nitrogens with zero attached hydrogens (tertiary/aromatic N) is 2. The molecule has 0 fully saturated rings. The molecule has 0 unspecified atom stereocenters. The Kier molecular flexibility index (Phi) is 3.19. The number of rotatable bonds is 3. The van der Waals surface area contributed by atoms with Crippen LogP contribution < -0.4 is 5.73 Å². The van der Waals surface area contributed by atoms with E-state index in [1.54, 1.807) is 12.1 Å². The Balaban J connectivity index is 2.46. The normalized spacial score (nSPS) is 11.1. The van der Waals surface area contributed by atoms with Gasteiger partial charge in [-0.15, -0.1) is 0 Å². The quantitative estimate of drug-likeness (QED) is 0.887. The van der Waals surface area contributed by atoms with Crippen LogP contribution in [0.3, 0.4) is 0 Å². The van der Waals surface area contributed by atoms with Gasteiger partial charge in [0.2, 0.25) is 11.7 Å². The van der Waals surface area contributed by atoms with E-state index in [0.717, 1.165) is 5.56 Å². The SMILES string of the molecule is CC(C)c1ccc(F)c(-c2noc(CN)n2)c1. The first kappa shape index (κ1) is 11.7. The Morgan fingerprint density at radius 3 is 2.76 bits per heavy atom. The number of benzene rings is 1. The summed E-state index contributed by atoms with van der Waals surface area (Å²) in [4.78, 5) is 4.02. The van der Waals surface area contributed by atoms with E-state index in [2.05, 4.69) is 10.1 Å². The molecule has 0 radical (unpaired) electrons. The van der Waals surface area contributed by atoms with Crippen LogP contribution in [-0.2, 0) is 6.54 Å². The van der Waals surface area contributed by atoms with Crippen molar-refractivity contribution in [2.75, 3.05) is 0 Å². The van der Waals surface area contributed by atoms with E-state index in [4.69, 9.17) is 10.3 Å². The smallest absolute Gasteiger partial charge is 0.240 e. The lowest BCUT2D eigenvalue weighted by molar-refractivity contribution is 0.380. The van der Waals surface area contributed by atoms with Gasteiger partial charge in [0.15, 0.2) is 0 Å². The average Bonchev–Trinajstić information content (AvgIpc) is 2.77. The molecular weight excluding hydrogens is 221 g/mol. The van der Waals surface area contributed by atoms with Crippen molar-refractivity contribution < 1.29 is 8.91 Å². The molecule has 0 spiro atoms. The van der Waals surface area contributed by atoms with Gasteiger partial charge in [0.1, 0.15) is 5.82 Å². The number of nitrogens with two attached hydrogens (primary N) is 1. The van der Waals surface area contributed by atoms with E-state index in [-0.39, 0.29) is 18.2 Å². The predicted molar refractivity (Wildman–Crippen MR) is 61.7 cm³/mol. The van der Waals surface area contributed by atoms with Gasteiger partial charge in [0.05, 0.1) is 12.1 Å². The molecule has 2 N–H and O–H groups in total. The molecule has 1 aromatic carbocycles. The van der Waals surface area contributed by atoms with Crippen LogP contribution in [0, 0.1) is 5.82 Å². The molecule has 1 aromatic heterocycles. The Hall–Kier alpha value is -1.75. The fraction of sp³-hybridized carbons (Fsp3) is 0.333. The molecule has 1 heterocycles. The lowest BCUT2D eigenvalue weighted by Gasteiger charge is -2.06. The molecule has 0 aliphatic heterocycles. The summed E-state index contributed by atoms with van der Waals surface area (Å²) in [7, 11) is 0. The summed E-state index contributed by atoms with van der Waals surface area (Å²) in [6.45, 7) is 4.23. The summed E-state index contributed by atoms with van der Waals surface area (Å²) in [6.07, 6.45) is 0. The van der Waals surface area contributed by atoms with Gasteiger partial charge >= 0.3 is 0 Å². The minimum atomic E-state index is -0.362. The van der Waals surface area contributed by atoms with Crippen LogP contribution >= 0.6 is 0 Å². The molecule has 0 atom stereocenters. The highest BCUT2D eigenvalue weighted by Gasteiger charge is 2.13. The lowest BCUT2D eigenvalue weighted by Crippen LogP contribution is -1.96. The monoisotopic (exact) mass is 235 g/mol. The van der Waals surface area contributed by atoms with Gasteiger partial charge in [0, 0.05) is 0 Å². The fourth-order valence-electron chi connectivity index (χ4n) is 1.52. The van der Waals surface area contributed by atoms with Crippen LogP contribution in [0.25, 0.3) is 11.4 Å². The summed E-state index contributed by atoms with van der Waals surface area (Å²) in [6, 6.07) is 4.92. The third kappa shape index (κ3) is 2.34. The minimum absolute atomic E-state index is 0.151. The molecule has 17 heavy (non-hydrogen) atoms. The Bertz CT molecular complexity index is 522. The average molecular weight is 235 g/mol. The van der Waals surface area contributed by atoms with Crippen molar-refractivity contribution in [1.82, 2.24) is 10.1 Å². The summed E-state index contributed by atoms with van der Waals surface area (Å²) < 4.78 is 18.5. The van der Waals surface area contributed by atoms with Crippen molar-refractivity contribution in [3.05, 3.63) is 35.5 Å². The predicted octanol–water partition coefficient (Wildman–Crippen LogP) is 2.46. The maximum absolute atomic E-state index is 13.7. The van der Waals surface area contributed by atoms with Crippen LogP contribution in [0.1, 0.15) is 31.2 Å². The Labute approximate surface area is 98.6 Å². The topological polar surface area (TPSA) is 64.9 Å². The first-order valence-electron chi connectivity index (χ1n) is 5.44. The van der Waals surface area contributed by atoms with Crippen molar-refractivity contribution in [3.8, 4) is 11.4 Å². The van der Waals surface area contributed by atoms with Crippen molar-refractivity contribution >= 4 is 0 Å². The van der Waals surface area contributed by atoms with Gasteiger partial charge in [-0.05, 0) is 23.6 Å². The van der Waals surface area contributed by atoms with Crippen LogP contribution in [0.4, 0.5) is 4.39 Å². The summed E-state index contributed by atoms with van der Waals surface area (Å²) in [5.74, 6) is 0.494. The molecule has 90 valence electrons. The van der Waals surface area contributed by atoms with Crippen molar-refractivity contribution in [2.24, 2.45) is 5.73 Å². The molecule has 0 amide bonds. The number of aromatic nitrogens is 2. The molecule has 0 aliphatic rings. The second-order valence-corrected chi connectivity index (χ2v) is 4.11. The second kappa shape index (κ2) is 4.63. The van der Waals surface area contributed by atoms with Crippen molar-refractivity contribution in [3.63, 3.8) is 0 Å². The molecule has 0 bridgehead atoms. The van der Waals surface area contributed by atoms with E-state index in [9.17, 15) is 4.39 Å². The van der Waals surface area contributed by atoms with Crippen LogP contribution in [0.5, 0.6) is 0 Å². The van der Waals surface area contributed by atoms with Crippen LogP contribution in [-0.4, -0.2) is 10.1 Å². The molecule has 4 nitrogen and oxygen atoms in total. The zero-order valence-corrected chi connectivity index (χ0v) is 9.77. The van der Waals surface area contributed by atoms with Gasteiger partial charge in [0.25, 0.3) is 0 Å². The second-order valence-electron chi connectivity index (χ2n) is 4.11. The minimum Gasteiger partial charge on any atom is -0.338 e. The number of halogens is 1. The Morgan fingerprint density at radius 1 is 1.41 bits per heavy atom. The molecule has 5 heteroatoms. The zero-order chi connectivity index (χ0) is 12.4. The lowest BCUT2D eigenvalue weighted by atomic mass is 10.0. The van der Waals surface area contributed by atoms with E-state index < -0.39 is 0 Å². The van der Waals surface area contributed by atoms with Crippen molar-refractivity contribution in [1.29, 1.82) is 0 Å². The highest BCUT2D eigenvalue weighted by Crippen LogP contribution is 2.24. The van der Waals surface area contributed by atoms with Gasteiger partial charge in [-0.2, -0.15) is 4.98 Å². The first-order chi connectivity index (χ1) is 8.11. The van der Waals surface area contributed by atoms with E-state index >= 15 is 0 Å². The van der Waals surface area contributed by atoms with Crippen molar-refractivity contribution in [2.45, 2.75) is 26.3 Å². The van der Waals surface area contributed by atoms with Gasteiger partial charge in [-0.25, -0.2) is 4.39 Å². The molecule has 0 aliphatic carbocycles. The summed E-state index contributed by atoms with van der Waals surface area (Å²) >= 11 is 0. The van der Waals surface area contributed by atoms with E-state index in [0.29, 0.717) is 17.4 Å². The molecule has 2 aromatic rings. The zero-order valence-electron chi connectivity index (χ0n) is 9.77. The molecule has 0 saturated heterocycles. The number of hydrogen-bond donors (Lipinski definition) is 1. The van der Waals surface area contributed by atoms with Gasteiger partial charge in [-0.3, -0.25) is 0 Å². The molecular formula is C12H14FN3O. The maximum atomic E-state index is 13.7. The van der Waals surface area contributed by atoms with Gasteiger partial charge < -0.3 is 10.3 Å². The highest BCUT2D eigenvalue weighted by molar-refractivity contribution is 5.56. The standard InChI is InChI=1S/C12H14FN3O/c1-7(2)8-3-4-10(13)9(5-8)12-15-11(6-14)17-16-12/h3-5,7H,6,14H2,1-2H3. The first-order valence-corrected chi connectivity index (χ1v) is 5.44. The third-order valence-electron chi connectivity index (χ3n) is 2.54.